The molecule has 0 aliphatic carbocycles. The molecule has 3 aromatic rings. The van der Waals surface area contributed by atoms with E-state index in [0.717, 1.165) is 55.9 Å². The average molecular weight is 620 g/mol. The number of amides is 3. The Kier molecular flexibility index (Phi) is 12.8. The molecule has 4 N–H and O–H groups in total. The molecule has 0 aromatic heterocycles. The molecule has 3 aromatic carbocycles. The highest BCUT2D eigenvalue weighted by atomic mass is 32.2. The SMILES string of the molecule is CCCCCCCNC(=O)Nc1ccc(N(C)S(=O)O)cc1C(=O)NC1CCN(C(c2ccccc2)c2ccccc2)CC1. The standard InChI is InChI=1S/C34H45N5O4S/c1-3-4-5-6-13-22-35-34(41)37-31-19-18-29(38(2)44(42)43)25-30(31)33(40)36-28-20-23-39(24-21-28)32(26-14-9-7-10-15-26)27-16-11-8-12-17-27/h7-12,14-19,25,28,32H,3-6,13,20-24H2,1-2H3,(H,36,40)(H,42,43)(H2,35,37,41). The fourth-order valence-electron chi connectivity index (χ4n) is 5.66. The Bertz CT molecular complexity index is 1330. The van der Waals surface area contributed by atoms with Gasteiger partial charge in [0, 0.05) is 32.7 Å². The second kappa shape index (κ2) is 16.9. The van der Waals surface area contributed by atoms with Crippen molar-refractivity contribution in [3.63, 3.8) is 0 Å². The summed E-state index contributed by atoms with van der Waals surface area (Å²) in [7, 11) is 1.47. The molecule has 236 valence electrons. The smallest absolute Gasteiger partial charge is 0.319 e. The number of benzene rings is 3. The molecule has 1 saturated heterocycles. The molecule has 1 unspecified atom stereocenters. The van der Waals surface area contributed by atoms with Crippen molar-refractivity contribution in [1.29, 1.82) is 0 Å². The number of rotatable bonds is 14. The molecule has 3 amide bonds. The van der Waals surface area contributed by atoms with Crippen molar-refractivity contribution < 1.29 is 18.4 Å². The van der Waals surface area contributed by atoms with Crippen LogP contribution in [0, 0.1) is 0 Å². The third kappa shape index (κ3) is 9.38. The first-order chi connectivity index (χ1) is 21.4. The first-order valence-corrected chi connectivity index (χ1v) is 16.6. The van der Waals surface area contributed by atoms with Crippen molar-refractivity contribution in [2.24, 2.45) is 0 Å². The summed E-state index contributed by atoms with van der Waals surface area (Å²) in [5.41, 5.74) is 3.45. The van der Waals surface area contributed by atoms with E-state index in [1.165, 1.54) is 24.6 Å². The van der Waals surface area contributed by atoms with E-state index in [2.05, 4.69) is 76.3 Å². The molecule has 44 heavy (non-hydrogen) atoms. The Morgan fingerprint density at radius 1 is 0.932 bits per heavy atom. The number of carbonyl (C=O) groups excluding carboxylic acids is 2. The van der Waals surface area contributed by atoms with Crippen LogP contribution in [0.4, 0.5) is 16.2 Å². The molecule has 1 fully saturated rings. The lowest BCUT2D eigenvalue weighted by atomic mass is 9.94. The summed E-state index contributed by atoms with van der Waals surface area (Å²) in [6, 6.07) is 25.4. The van der Waals surface area contributed by atoms with Gasteiger partial charge < -0.3 is 16.0 Å². The van der Waals surface area contributed by atoms with Gasteiger partial charge in [0.2, 0.25) is 0 Å². The Morgan fingerprint density at radius 2 is 1.55 bits per heavy atom. The van der Waals surface area contributed by atoms with E-state index in [-0.39, 0.29) is 29.6 Å². The van der Waals surface area contributed by atoms with Gasteiger partial charge >= 0.3 is 6.03 Å². The minimum atomic E-state index is -2.26. The van der Waals surface area contributed by atoms with Gasteiger partial charge in [-0.1, -0.05) is 93.3 Å². The third-order valence-corrected chi connectivity index (χ3v) is 8.80. The summed E-state index contributed by atoms with van der Waals surface area (Å²) in [5.74, 6) is -0.333. The maximum absolute atomic E-state index is 13.6. The van der Waals surface area contributed by atoms with Gasteiger partial charge in [0.1, 0.15) is 0 Å². The zero-order valence-electron chi connectivity index (χ0n) is 25.7. The lowest BCUT2D eigenvalue weighted by molar-refractivity contribution is 0.0901. The fraction of sp³-hybridized carbons (Fsp3) is 0.412. The van der Waals surface area contributed by atoms with Crippen LogP contribution in [0.1, 0.15) is 79.4 Å². The summed E-state index contributed by atoms with van der Waals surface area (Å²) in [6.07, 6.45) is 6.97. The number of piperidine rings is 1. The van der Waals surface area contributed by atoms with Gasteiger partial charge in [0.05, 0.1) is 23.0 Å². The van der Waals surface area contributed by atoms with Crippen LogP contribution >= 0.6 is 0 Å². The number of hydrogen-bond acceptors (Lipinski definition) is 4. The van der Waals surface area contributed by atoms with Gasteiger partial charge in [0.15, 0.2) is 0 Å². The zero-order chi connectivity index (χ0) is 31.3. The first kappa shape index (κ1) is 33.2. The van der Waals surface area contributed by atoms with Crippen LogP contribution in [-0.2, 0) is 11.3 Å². The number of likely N-dealkylation sites (tertiary alicyclic amines) is 1. The average Bonchev–Trinajstić information content (AvgIpc) is 3.04. The van der Waals surface area contributed by atoms with E-state index in [9.17, 15) is 18.4 Å². The maximum Gasteiger partial charge on any atom is 0.319 e. The number of hydrogen-bond donors (Lipinski definition) is 4. The van der Waals surface area contributed by atoms with Gasteiger partial charge in [0.25, 0.3) is 17.2 Å². The maximum atomic E-state index is 13.6. The van der Waals surface area contributed by atoms with E-state index in [1.807, 2.05) is 12.1 Å². The molecule has 1 aliphatic rings. The Hall–Kier alpha value is -3.73. The quantitative estimate of drug-likeness (QED) is 0.124. The largest absolute Gasteiger partial charge is 0.349 e. The summed E-state index contributed by atoms with van der Waals surface area (Å²) < 4.78 is 22.5. The van der Waals surface area contributed by atoms with E-state index in [4.69, 9.17) is 0 Å². The second-order valence-electron chi connectivity index (χ2n) is 11.3. The summed E-state index contributed by atoms with van der Waals surface area (Å²) in [4.78, 5) is 28.8. The molecule has 1 atom stereocenters. The van der Waals surface area contributed by atoms with Crippen molar-refractivity contribution >= 4 is 34.6 Å². The molecule has 0 radical (unpaired) electrons. The lowest BCUT2D eigenvalue weighted by Gasteiger charge is -2.38. The van der Waals surface area contributed by atoms with Crippen LogP contribution in [-0.4, -0.2) is 58.3 Å². The van der Waals surface area contributed by atoms with E-state index in [1.54, 1.807) is 18.2 Å². The lowest BCUT2D eigenvalue weighted by Crippen LogP contribution is -2.46. The number of anilines is 2. The molecule has 1 heterocycles. The van der Waals surface area contributed by atoms with Crippen LogP contribution in [0.2, 0.25) is 0 Å². The molecule has 0 spiro atoms. The van der Waals surface area contributed by atoms with E-state index < -0.39 is 11.3 Å². The molecule has 10 heteroatoms. The minimum Gasteiger partial charge on any atom is -0.349 e. The van der Waals surface area contributed by atoms with Gasteiger partial charge in [-0.2, -0.15) is 0 Å². The monoisotopic (exact) mass is 619 g/mol. The number of nitrogens with zero attached hydrogens (tertiary/aromatic N) is 2. The molecule has 9 nitrogen and oxygen atoms in total. The summed E-state index contributed by atoms with van der Waals surface area (Å²) in [5, 5.41) is 8.84. The van der Waals surface area contributed by atoms with Gasteiger partial charge in [-0.15, -0.1) is 0 Å². The second-order valence-corrected chi connectivity index (χ2v) is 12.3. The van der Waals surface area contributed by atoms with Crippen molar-refractivity contribution in [3.8, 4) is 0 Å². The Morgan fingerprint density at radius 3 is 2.14 bits per heavy atom. The van der Waals surface area contributed by atoms with Crippen molar-refractivity contribution in [2.75, 3.05) is 36.3 Å². The molecule has 0 bridgehead atoms. The van der Waals surface area contributed by atoms with Crippen molar-refractivity contribution in [1.82, 2.24) is 15.5 Å². The van der Waals surface area contributed by atoms with E-state index in [0.29, 0.717) is 17.9 Å². The molecule has 0 saturated carbocycles. The zero-order valence-corrected chi connectivity index (χ0v) is 26.5. The fourth-order valence-corrected chi connectivity index (χ4v) is 5.96. The van der Waals surface area contributed by atoms with Crippen LogP contribution in [0.25, 0.3) is 0 Å². The van der Waals surface area contributed by atoms with E-state index >= 15 is 0 Å². The molecular formula is C34H45N5O4S. The normalized spacial score (nSPS) is 14.6. The highest BCUT2D eigenvalue weighted by molar-refractivity contribution is 7.80. The number of urea groups is 1. The van der Waals surface area contributed by atoms with Crippen molar-refractivity contribution in [3.05, 3.63) is 95.6 Å². The highest BCUT2D eigenvalue weighted by Gasteiger charge is 2.29. The van der Waals surface area contributed by atoms with Gasteiger partial charge in [-0.05, 0) is 48.6 Å². The minimum absolute atomic E-state index is 0.0518. The number of unbranched alkanes of at least 4 members (excludes halogenated alkanes) is 4. The number of nitrogens with one attached hydrogen (secondary N) is 3. The van der Waals surface area contributed by atoms with Crippen LogP contribution < -0.4 is 20.3 Å². The summed E-state index contributed by atoms with van der Waals surface area (Å²) >= 11 is -2.26. The highest BCUT2D eigenvalue weighted by Crippen LogP contribution is 2.31. The number of carbonyl (C=O) groups is 2. The first-order valence-electron chi connectivity index (χ1n) is 15.6. The van der Waals surface area contributed by atoms with Crippen LogP contribution in [0.5, 0.6) is 0 Å². The van der Waals surface area contributed by atoms with Crippen LogP contribution in [0.15, 0.2) is 78.9 Å². The Labute approximate surface area is 263 Å². The topological polar surface area (TPSA) is 114 Å². The predicted molar refractivity (Wildman–Crippen MR) is 178 cm³/mol. The summed E-state index contributed by atoms with van der Waals surface area (Å²) in [6.45, 7) is 4.32. The van der Waals surface area contributed by atoms with Crippen molar-refractivity contribution in [2.45, 2.75) is 64.0 Å². The van der Waals surface area contributed by atoms with Gasteiger partial charge in [-0.25, -0.2) is 9.00 Å². The third-order valence-electron chi connectivity index (χ3n) is 8.12. The molecule has 4 rings (SSSR count). The van der Waals surface area contributed by atoms with Crippen LogP contribution in [0.3, 0.4) is 0 Å². The molecular weight excluding hydrogens is 574 g/mol. The Balaban J connectivity index is 1.42. The van der Waals surface area contributed by atoms with Gasteiger partial charge in [-0.3, -0.25) is 18.6 Å². The predicted octanol–water partition coefficient (Wildman–Crippen LogP) is 6.34. The molecule has 1 aliphatic heterocycles.